The van der Waals surface area contributed by atoms with Gasteiger partial charge in [-0.2, -0.15) is 0 Å². The average molecular weight is 219 g/mol. The first-order valence-corrected chi connectivity index (χ1v) is 5.93. The molecule has 0 amide bonds. The Morgan fingerprint density at radius 3 is 3.06 bits per heavy atom. The van der Waals surface area contributed by atoms with E-state index in [-0.39, 0.29) is 6.10 Å². The van der Waals surface area contributed by atoms with Crippen molar-refractivity contribution in [2.24, 2.45) is 0 Å². The molecule has 0 aliphatic carbocycles. The first kappa shape index (κ1) is 10.1. The van der Waals surface area contributed by atoms with Crippen LogP contribution < -0.4 is 10.1 Å². The summed E-state index contributed by atoms with van der Waals surface area (Å²) in [7, 11) is 0. The summed E-state index contributed by atoms with van der Waals surface area (Å²) in [5, 5.41) is 3.36. The number of fused-ring (bicyclic) bond motifs is 1. The lowest BCUT2D eigenvalue weighted by Gasteiger charge is -2.24. The molecular formula is C13H17NO2. The van der Waals surface area contributed by atoms with Gasteiger partial charge in [0.25, 0.3) is 0 Å². The molecule has 0 spiro atoms. The maximum Gasteiger partial charge on any atom is 0.125 e. The molecule has 3 heteroatoms. The Hall–Kier alpha value is -1.06. The van der Waals surface area contributed by atoms with Gasteiger partial charge in [-0.3, -0.25) is 0 Å². The highest BCUT2D eigenvalue weighted by molar-refractivity contribution is 5.46. The predicted molar refractivity (Wildman–Crippen MR) is 61.9 cm³/mol. The number of hydrogen-bond acceptors (Lipinski definition) is 3. The van der Waals surface area contributed by atoms with Crippen molar-refractivity contribution >= 4 is 0 Å². The van der Waals surface area contributed by atoms with Crippen LogP contribution in [0.2, 0.25) is 0 Å². The maximum atomic E-state index is 5.78. The molecule has 86 valence electrons. The minimum absolute atomic E-state index is 0.207. The number of nitrogens with one attached hydrogen (secondary N) is 1. The van der Waals surface area contributed by atoms with E-state index in [2.05, 4.69) is 24.4 Å². The zero-order chi connectivity index (χ0) is 11.0. The fourth-order valence-corrected chi connectivity index (χ4v) is 2.50. The van der Waals surface area contributed by atoms with Gasteiger partial charge >= 0.3 is 0 Å². The van der Waals surface area contributed by atoms with Crippen molar-refractivity contribution in [2.45, 2.75) is 19.4 Å². The summed E-state index contributed by atoms with van der Waals surface area (Å²) in [5.74, 6) is 1.09. The zero-order valence-corrected chi connectivity index (χ0v) is 9.58. The van der Waals surface area contributed by atoms with Crippen LogP contribution in [0.25, 0.3) is 0 Å². The minimum Gasteiger partial charge on any atom is -0.493 e. The second-order valence-electron chi connectivity index (χ2n) is 4.49. The van der Waals surface area contributed by atoms with Crippen molar-refractivity contribution in [3.05, 3.63) is 28.8 Å². The van der Waals surface area contributed by atoms with Crippen molar-refractivity contribution < 1.29 is 9.47 Å². The quantitative estimate of drug-likeness (QED) is 0.778. The SMILES string of the molecule is Cc1cc(C2CNCCO2)cc2c1OCC2. The van der Waals surface area contributed by atoms with Crippen molar-refractivity contribution in [3.8, 4) is 5.75 Å². The summed E-state index contributed by atoms with van der Waals surface area (Å²) in [6.07, 6.45) is 1.24. The molecule has 0 bridgehead atoms. The fourth-order valence-electron chi connectivity index (χ4n) is 2.50. The van der Waals surface area contributed by atoms with Crippen LogP contribution >= 0.6 is 0 Å². The molecule has 3 nitrogen and oxygen atoms in total. The van der Waals surface area contributed by atoms with Gasteiger partial charge in [-0.1, -0.05) is 0 Å². The first-order chi connectivity index (χ1) is 7.84. The van der Waals surface area contributed by atoms with Crippen LogP contribution in [-0.4, -0.2) is 26.3 Å². The molecule has 2 aliphatic rings. The molecule has 2 heterocycles. The smallest absolute Gasteiger partial charge is 0.125 e. The van der Waals surface area contributed by atoms with Gasteiger partial charge < -0.3 is 14.8 Å². The topological polar surface area (TPSA) is 30.5 Å². The van der Waals surface area contributed by atoms with Crippen LogP contribution in [0.1, 0.15) is 22.8 Å². The molecule has 16 heavy (non-hydrogen) atoms. The van der Waals surface area contributed by atoms with Crippen molar-refractivity contribution in [3.63, 3.8) is 0 Å². The maximum absolute atomic E-state index is 5.78. The van der Waals surface area contributed by atoms with Crippen LogP contribution in [0.15, 0.2) is 12.1 Å². The standard InChI is InChI=1S/C13H17NO2/c1-9-6-11(12-8-14-3-5-15-12)7-10-2-4-16-13(9)10/h6-7,12,14H,2-5,8H2,1H3. The van der Waals surface area contributed by atoms with Gasteiger partial charge in [-0.05, 0) is 35.7 Å². The van der Waals surface area contributed by atoms with Gasteiger partial charge in [0.05, 0.1) is 19.3 Å². The Bertz CT molecular complexity index is 397. The van der Waals surface area contributed by atoms with E-state index in [9.17, 15) is 0 Å². The van der Waals surface area contributed by atoms with Gasteiger partial charge in [-0.15, -0.1) is 0 Å². The number of benzene rings is 1. The Labute approximate surface area is 95.8 Å². The van der Waals surface area contributed by atoms with Crippen molar-refractivity contribution in [1.82, 2.24) is 5.32 Å². The normalized spacial score (nSPS) is 23.9. The number of ether oxygens (including phenoxy) is 2. The number of hydrogen-bond donors (Lipinski definition) is 1. The second kappa shape index (κ2) is 4.07. The average Bonchev–Trinajstić information content (AvgIpc) is 2.79. The van der Waals surface area contributed by atoms with E-state index in [0.717, 1.165) is 38.5 Å². The zero-order valence-electron chi connectivity index (χ0n) is 9.58. The highest BCUT2D eigenvalue weighted by atomic mass is 16.5. The van der Waals surface area contributed by atoms with Gasteiger partial charge in [-0.25, -0.2) is 0 Å². The monoisotopic (exact) mass is 219 g/mol. The van der Waals surface area contributed by atoms with Gasteiger partial charge in [0.1, 0.15) is 5.75 Å². The van der Waals surface area contributed by atoms with E-state index in [1.165, 1.54) is 16.7 Å². The molecule has 1 atom stereocenters. The van der Waals surface area contributed by atoms with E-state index < -0.39 is 0 Å². The highest BCUT2D eigenvalue weighted by Crippen LogP contribution is 2.33. The summed E-state index contributed by atoms with van der Waals surface area (Å²) in [5.41, 5.74) is 3.86. The van der Waals surface area contributed by atoms with E-state index >= 15 is 0 Å². The summed E-state index contributed by atoms with van der Waals surface area (Å²) in [6.45, 7) is 5.62. The van der Waals surface area contributed by atoms with E-state index in [4.69, 9.17) is 9.47 Å². The molecule has 1 N–H and O–H groups in total. The predicted octanol–water partition coefficient (Wildman–Crippen LogP) is 1.59. The summed E-state index contributed by atoms with van der Waals surface area (Å²) >= 11 is 0. The molecule has 1 fully saturated rings. The molecule has 0 aromatic heterocycles. The summed E-state index contributed by atoms with van der Waals surface area (Å²) in [6, 6.07) is 4.44. The molecule has 3 rings (SSSR count). The van der Waals surface area contributed by atoms with E-state index in [1.54, 1.807) is 0 Å². The number of morpholine rings is 1. The van der Waals surface area contributed by atoms with E-state index in [0.29, 0.717) is 0 Å². The lowest BCUT2D eigenvalue weighted by Crippen LogP contribution is -2.33. The first-order valence-electron chi connectivity index (χ1n) is 5.93. The van der Waals surface area contributed by atoms with Gasteiger partial charge in [0.2, 0.25) is 0 Å². The van der Waals surface area contributed by atoms with E-state index in [1.807, 2.05) is 0 Å². The Morgan fingerprint density at radius 1 is 1.31 bits per heavy atom. The Balaban J connectivity index is 1.92. The van der Waals surface area contributed by atoms with Crippen LogP contribution in [0.4, 0.5) is 0 Å². The molecule has 0 saturated carbocycles. The molecule has 0 radical (unpaired) electrons. The van der Waals surface area contributed by atoms with Gasteiger partial charge in [0, 0.05) is 19.5 Å². The second-order valence-corrected chi connectivity index (χ2v) is 4.49. The summed E-state index contributed by atoms with van der Waals surface area (Å²) < 4.78 is 11.4. The lowest BCUT2D eigenvalue weighted by molar-refractivity contribution is 0.0276. The molecule has 1 aromatic rings. The van der Waals surface area contributed by atoms with Crippen LogP contribution in [0.3, 0.4) is 0 Å². The third-order valence-electron chi connectivity index (χ3n) is 3.29. The lowest BCUT2D eigenvalue weighted by atomic mass is 10.00. The van der Waals surface area contributed by atoms with Crippen LogP contribution in [-0.2, 0) is 11.2 Å². The van der Waals surface area contributed by atoms with Crippen molar-refractivity contribution in [2.75, 3.05) is 26.3 Å². The third-order valence-corrected chi connectivity index (χ3v) is 3.29. The molecule has 1 saturated heterocycles. The largest absolute Gasteiger partial charge is 0.493 e. The number of rotatable bonds is 1. The molecular weight excluding hydrogens is 202 g/mol. The Morgan fingerprint density at radius 2 is 2.25 bits per heavy atom. The molecule has 1 unspecified atom stereocenters. The van der Waals surface area contributed by atoms with Crippen LogP contribution in [0.5, 0.6) is 5.75 Å². The molecule has 1 aromatic carbocycles. The van der Waals surface area contributed by atoms with Crippen molar-refractivity contribution in [1.29, 1.82) is 0 Å². The number of aryl methyl sites for hydroxylation is 1. The Kier molecular flexibility index (Phi) is 2.58. The minimum atomic E-state index is 0.207. The van der Waals surface area contributed by atoms with Crippen LogP contribution in [0, 0.1) is 6.92 Å². The highest BCUT2D eigenvalue weighted by Gasteiger charge is 2.21. The molecule has 2 aliphatic heterocycles. The van der Waals surface area contributed by atoms with Gasteiger partial charge in [0.15, 0.2) is 0 Å². The fraction of sp³-hybridized carbons (Fsp3) is 0.538. The third kappa shape index (κ3) is 1.70. The summed E-state index contributed by atoms with van der Waals surface area (Å²) in [4.78, 5) is 0.